The Morgan fingerprint density at radius 3 is 3.00 bits per heavy atom. The number of rotatable bonds is 4. The van der Waals surface area contributed by atoms with Gasteiger partial charge in [-0.25, -0.2) is 4.79 Å². The average molecular weight is 235 g/mol. The molecule has 1 aromatic heterocycles. The minimum absolute atomic E-state index is 0.338. The predicted octanol–water partition coefficient (Wildman–Crippen LogP) is 3.12. The number of nitrogens with one attached hydrogen (secondary N) is 1. The molecule has 4 heteroatoms. The second-order valence-corrected chi connectivity index (χ2v) is 4.78. The number of H-pyrrole nitrogens is 1. The highest BCUT2D eigenvalue weighted by atomic mass is 32.2. The first-order valence-electron chi connectivity index (χ1n) is 5.14. The molecule has 0 unspecified atom stereocenters. The number of carboxylic acids is 1. The number of carboxylic acid groups (broad SMARTS) is 1. The van der Waals surface area contributed by atoms with Crippen LogP contribution in [0, 0.1) is 0 Å². The summed E-state index contributed by atoms with van der Waals surface area (Å²) >= 11 is 1.81. The lowest BCUT2D eigenvalue weighted by Gasteiger charge is -1.96. The summed E-state index contributed by atoms with van der Waals surface area (Å²) in [6.07, 6.45) is 0. The van der Waals surface area contributed by atoms with Gasteiger partial charge < -0.3 is 10.1 Å². The highest BCUT2D eigenvalue weighted by molar-refractivity contribution is 7.98. The van der Waals surface area contributed by atoms with E-state index in [0.717, 1.165) is 28.1 Å². The Morgan fingerprint density at radius 1 is 1.50 bits per heavy atom. The highest BCUT2D eigenvalue weighted by Crippen LogP contribution is 2.22. The molecule has 0 aliphatic carbocycles. The van der Waals surface area contributed by atoms with Gasteiger partial charge in [-0.3, -0.25) is 0 Å². The number of hydrogen-bond donors (Lipinski definition) is 2. The van der Waals surface area contributed by atoms with Crippen molar-refractivity contribution in [2.75, 3.05) is 5.75 Å². The summed E-state index contributed by atoms with van der Waals surface area (Å²) in [4.78, 5) is 14.2. The molecule has 3 nitrogen and oxygen atoms in total. The molecule has 0 saturated carbocycles. The van der Waals surface area contributed by atoms with Crippen LogP contribution in [0.25, 0.3) is 10.9 Å². The SMILES string of the molecule is CCSCc1cc2cccc(C(=O)O)c2[nH]1. The predicted molar refractivity (Wildman–Crippen MR) is 67.1 cm³/mol. The maximum absolute atomic E-state index is 11.0. The van der Waals surface area contributed by atoms with Crippen LogP contribution in [0.1, 0.15) is 23.0 Å². The molecule has 2 rings (SSSR count). The topological polar surface area (TPSA) is 53.1 Å². The van der Waals surface area contributed by atoms with Gasteiger partial charge in [0.1, 0.15) is 0 Å². The lowest BCUT2D eigenvalue weighted by molar-refractivity contribution is 0.0699. The fourth-order valence-electron chi connectivity index (χ4n) is 1.68. The van der Waals surface area contributed by atoms with Crippen LogP contribution >= 0.6 is 11.8 Å². The van der Waals surface area contributed by atoms with E-state index in [0.29, 0.717) is 5.56 Å². The maximum atomic E-state index is 11.0. The molecule has 0 radical (unpaired) electrons. The Labute approximate surface area is 97.9 Å². The van der Waals surface area contributed by atoms with E-state index in [1.165, 1.54) is 0 Å². The van der Waals surface area contributed by atoms with Crippen molar-refractivity contribution in [1.82, 2.24) is 4.98 Å². The summed E-state index contributed by atoms with van der Waals surface area (Å²) in [5, 5.41) is 10.0. The normalized spacial score (nSPS) is 10.8. The summed E-state index contributed by atoms with van der Waals surface area (Å²) < 4.78 is 0. The lowest BCUT2D eigenvalue weighted by atomic mass is 10.1. The number of fused-ring (bicyclic) bond motifs is 1. The second kappa shape index (κ2) is 4.61. The van der Waals surface area contributed by atoms with Gasteiger partial charge >= 0.3 is 5.97 Å². The highest BCUT2D eigenvalue weighted by Gasteiger charge is 2.10. The van der Waals surface area contributed by atoms with Crippen LogP contribution in [-0.2, 0) is 5.75 Å². The Bertz CT molecular complexity index is 519. The van der Waals surface area contributed by atoms with Gasteiger partial charge in [0, 0.05) is 16.8 Å². The molecule has 1 heterocycles. The molecule has 0 bridgehead atoms. The summed E-state index contributed by atoms with van der Waals surface area (Å²) in [6, 6.07) is 7.34. The molecule has 0 aliphatic heterocycles. The van der Waals surface area contributed by atoms with Crippen molar-refractivity contribution in [1.29, 1.82) is 0 Å². The molecule has 0 saturated heterocycles. The third kappa shape index (κ3) is 2.07. The van der Waals surface area contributed by atoms with Crippen LogP contribution < -0.4 is 0 Å². The zero-order valence-corrected chi connectivity index (χ0v) is 9.80. The zero-order valence-electron chi connectivity index (χ0n) is 8.99. The molecular weight excluding hydrogens is 222 g/mol. The Hall–Kier alpha value is -1.42. The molecule has 16 heavy (non-hydrogen) atoms. The van der Waals surface area contributed by atoms with Gasteiger partial charge in [0.05, 0.1) is 11.1 Å². The van der Waals surface area contributed by atoms with E-state index in [-0.39, 0.29) is 0 Å². The largest absolute Gasteiger partial charge is 0.478 e. The van der Waals surface area contributed by atoms with Gasteiger partial charge in [0.15, 0.2) is 0 Å². The third-order valence-electron chi connectivity index (χ3n) is 2.40. The van der Waals surface area contributed by atoms with Gasteiger partial charge in [-0.1, -0.05) is 19.1 Å². The minimum atomic E-state index is -0.887. The van der Waals surface area contributed by atoms with Crippen molar-refractivity contribution in [3.8, 4) is 0 Å². The first kappa shape index (κ1) is 11.1. The van der Waals surface area contributed by atoms with E-state index >= 15 is 0 Å². The smallest absolute Gasteiger partial charge is 0.337 e. The van der Waals surface area contributed by atoms with Crippen LogP contribution in [0.2, 0.25) is 0 Å². The quantitative estimate of drug-likeness (QED) is 0.856. The first-order valence-corrected chi connectivity index (χ1v) is 6.29. The van der Waals surface area contributed by atoms with Gasteiger partial charge in [0.2, 0.25) is 0 Å². The number of thioether (sulfide) groups is 1. The summed E-state index contributed by atoms with van der Waals surface area (Å²) in [6.45, 7) is 2.11. The molecule has 2 aromatic rings. The minimum Gasteiger partial charge on any atom is -0.478 e. The molecule has 0 amide bonds. The van der Waals surface area contributed by atoms with Crippen molar-refractivity contribution in [2.24, 2.45) is 0 Å². The summed E-state index contributed by atoms with van der Waals surface area (Å²) in [5.41, 5.74) is 2.14. The van der Waals surface area contributed by atoms with Crippen molar-refractivity contribution in [3.63, 3.8) is 0 Å². The van der Waals surface area contributed by atoms with E-state index in [9.17, 15) is 4.79 Å². The average Bonchev–Trinajstić information content (AvgIpc) is 2.68. The zero-order chi connectivity index (χ0) is 11.5. The van der Waals surface area contributed by atoms with Crippen molar-refractivity contribution < 1.29 is 9.90 Å². The fraction of sp³-hybridized carbons (Fsp3) is 0.250. The maximum Gasteiger partial charge on any atom is 0.337 e. The molecule has 1 aromatic carbocycles. The standard InChI is InChI=1S/C12H13NO2S/c1-2-16-7-9-6-8-4-3-5-10(12(14)15)11(8)13-9/h3-6,13H,2,7H2,1H3,(H,14,15). The van der Waals surface area contributed by atoms with E-state index in [1.807, 2.05) is 23.9 Å². The number of aromatic amines is 1. The van der Waals surface area contributed by atoms with E-state index in [1.54, 1.807) is 12.1 Å². The van der Waals surface area contributed by atoms with Crippen LogP contribution in [0.5, 0.6) is 0 Å². The molecule has 0 aliphatic rings. The molecule has 84 valence electrons. The summed E-state index contributed by atoms with van der Waals surface area (Å²) in [7, 11) is 0. The fourth-order valence-corrected chi connectivity index (χ4v) is 2.26. The third-order valence-corrected chi connectivity index (χ3v) is 3.33. The van der Waals surface area contributed by atoms with Crippen molar-refractivity contribution in [2.45, 2.75) is 12.7 Å². The molecule has 2 N–H and O–H groups in total. The van der Waals surface area contributed by atoms with Gasteiger partial charge in [0.25, 0.3) is 0 Å². The van der Waals surface area contributed by atoms with Crippen LogP contribution in [0.3, 0.4) is 0 Å². The Kier molecular flexibility index (Phi) is 3.19. The number of carbonyl (C=O) groups is 1. The van der Waals surface area contributed by atoms with Gasteiger partial charge in [-0.15, -0.1) is 0 Å². The van der Waals surface area contributed by atoms with E-state index in [2.05, 4.69) is 11.9 Å². The molecule has 0 fully saturated rings. The Balaban J connectivity index is 2.44. The summed E-state index contributed by atoms with van der Waals surface area (Å²) in [5.74, 6) is 1.06. The number of aromatic nitrogens is 1. The molecule has 0 atom stereocenters. The number of benzene rings is 1. The Morgan fingerprint density at radius 2 is 2.31 bits per heavy atom. The number of para-hydroxylation sites is 1. The number of aromatic carboxylic acids is 1. The monoisotopic (exact) mass is 235 g/mol. The number of hydrogen-bond acceptors (Lipinski definition) is 2. The van der Waals surface area contributed by atoms with Crippen LogP contribution in [0.4, 0.5) is 0 Å². The molecule has 0 spiro atoms. The van der Waals surface area contributed by atoms with Gasteiger partial charge in [-0.2, -0.15) is 11.8 Å². The van der Waals surface area contributed by atoms with Crippen LogP contribution in [-0.4, -0.2) is 21.8 Å². The van der Waals surface area contributed by atoms with Crippen LogP contribution in [0.15, 0.2) is 24.3 Å². The van der Waals surface area contributed by atoms with Crippen molar-refractivity contribution in [3.05, 3.63) is 35.5 Å². The lowest BCUT2D eigenvalue weighted by Crippen LogP contribution is -1.96. The second-order valence-electron chi connectivity index (χ2n) is 3.51. The van der Waals surface area contributed by atoms with E-state index in [4.69, 9.17) is 5.11 Å². The van der Waals surface area contributed by atoms with Gasteiger partial charge in [-0.05, 0) is 17.9 Å². The van der Waals surface area contributed by atoms with Crippen molar-refractivity contribution >= 4 is 28.6 Å². The first-order chi connectivity index (χ1) is 7.72. The molecular formula is C12H13NO2S. The van der Waals surface area contributed by atoms with E-state index < -0.39 is 5.97 Å².